The lowest BCUT2D eigenvalue weighted by atomic mass is 10.0. The van der Waals surface area contributed by atoms with E-state index in [-0.39, 0.29) is 43.0 Å². The number of ketones is 1. The van der Waals surface area contributed by atoms with Crippen LogP contribution in [0.5, 0.6) is 0 Å². The SMILES string of the molecule is C[C@@H](CN)NC(=O)CCC(=O)c1ccc(-c2ccccc2)cc1.Cl. The maximum atomic E-state index is 12.1. The van der Waals surface area contributed by atoms with Crippen LogP contribution in [0.15, 0.2) is 54.6 Å². The average Bonchev–Trinajstić information content (AvgIpc) is 2.60. The molecule has 0 bridgehead atoms. The van der Waals surface area contributed by atoms with Gasteiger partial charge in [-0.05, 0) is 18.1 Å². The van der Waals surface area contributed by atoms with E-state index in [4.69, 9.17) is 5.73 Å². The summed E-state index contributed by atoms with van der Waals surface area (Å²) in [5.41, 5.74) is 8.26. The van der Waals surface area contributed by atoms with Crippen molar-refractivity contribution in [3.63, 3.8) is 0 Å². The van der Waals surface area contributed by atoms with E-state index in [1.54, 1.807) is 0 Å². The Kier molecular flexibility index (Phi) is 8.16. The summed E-state index contributed by atoms with van der Waals surface area (Å²) in [7, 11) is 0. The zero-order valence-corrected chi connectivity index (χ0v) is 14.5. The number of hydrogen-bond donors (Lipinski definition) is 2. The summed E-state index contributed by atoms with van der Waals surface area (Å²) in [4.78, 5) is 23.8. The fraction of sp³-hybridized carbons (Fsp3) is 0.263. The van der Waals surface area contributed by atoms with E-state index in [0.29, 0.717) is 12.1 Å². The largest absolute Gasteiger partial charge is 0.352 e. The van der Waals surface area contributed by atoms with E-state index in [2.05, 4.69) is 5.32 Å². The van der Waals surface area contributed by atoms with Crippen LogP contribution in [0, 0.1) is 0 Å². The van der Waals surface area contributed by atoms with Crippen LogP contribution in [-0.4, -0.2) is 24.3 Å². The number of hydrogen-bond acceptors (Lipinski definition) is 3. The van der Waals surface area contributed by atoms with Gasteiger partial charge in [0, 0.05) is 31.0 Å². The first kappa shape index (κ1) is 19.9. The highest BCUT2D eigenvalue weighted by Crippen LogP contribution is 2.19. The zero-order chi connectivity index (χ0) is 16.7. The predicted molar refractivity (Wildman–Crippen MR) is 99.3 cm³/mol. The molecule has 1 atom stereocenters. The molecule has 3 N–H and O–H groups in total. The summed E-state index contributed by atoms with van der Waals surface area (Å²) in [5, 5.41) is 2.75. The van der Waals surface area contributed by atoms with Crippen LogP contribution in [-0.2, 0) is 4.79 Å². The Morgan fingerprint density at radius 1 is 0.958 bits per heavy atom. The molecule has 0 heterocycles. The molecule has 0 aromatic heterocycles. The van der Waals surface area contributed by atoms with E-state index < -0.39 is 0 Å². The lowest BCUT2D eigenvalue weighted by Gasteiger charge is -2.10. The van der Waals surface area contributed by atoms with Gasteiger partial charge in [-0.15, -0.1) is 12.4 Å². The van der Waals surface area contributed by atoms with E-state index in [1.165, 1.54) is 0 Å². The van der Waals surface area contributed by atoms with Gasteiger partial charge in [-0.25, -0.2) is 0 Å². The normalized spacial score (nSPS) is 11.2. The third-order valence-electron chi connectivity index (χ3n) is 3.65. The number of Topliss-reactive ketones (excluding diaryl/α,β-unsaturated/α-hetero) is 1. The number of amides is 1. The minimum atomic E-state index is -0.141. The summed E-state index contributed by atoms with van der Waals surface area (Å²) < 4.78 is 0. The molecule has 128 valence electrons. The molecule has 5 heteroatoms. The van der Waals surface area contributed by atoms with Crippen LogP contribution in [0.4, 0.5) is 0 Å². The molecule has 1 amide bonds. The first-order valence-corrected chi connectivity index (χ1v) is 7.78. The van der Waals surface area contributed by atoms with Gasteiger partial charge >= 0.3 is 0 Å². The van der Waals surface area contributed by atoms with Crippen molar-refractivity contribution in [3.05, 3.63) is 60.2 Å². The van der Waals surface area contributed by atoms with Crippen LogP contribution in [0.2, 0.25) is 0 Å². The Bertz CT molecular complexity index is 657. The first-order chi connectivity index (χ1) is 11.1. The van der Waals surface area contributed by atoms with Crippen molar-refractivity contribution in [2.45, 2.75) is 25.8 Å². The molecule has 0 spiro atoms. The minimum Gasteiger partial charge on any atom is -0.352 e. The molecule has 4 nitrogen and oxygen atoms in total. The number of rotatable bonds is 7. The fourth-order valence-electron chi connectivity index (χ4n) is 2.26. The molecule has 2 aromatic carbocycles. The average molecular weight is 347 g/mol. The second-order valence-corrected chi connectivity index (χ2v) is 5.57. The summed E-state index contributed by atoms with van der Waals surface area (Å²) >= 11 is 0. The highest BCUT2D eigenvalue weighted by molar-refractivity contribution is 5.98. The van der Waals surface area contributed by atoms with Gasteiger partial charge < -0.3 is 11.1 Å². The van der Waals surface area contributed by atoms with Gasteiger partial charge in [-0.3, -0.25) is 9.59 Å². The maximum absolute atomic E-state index is 12.1. The number of benzene rings is 2. The predicted octanol–water partition coefficient (Wildman–Crippen LogP) is 3.20. The molecule has 0 fully saturated rings. The molecular weight excluding hydrogens is 324 g/mol. The van der Waals surface area contributed by atoms with Crippen LogP contribution < -0.4 is 11.1 Å². The topological polar surface area (TPSA) is 72.2 Å². The molecule has 0 saturated carbocycles. The van der Waals surface area contributed by atoms with Crippen molar-refractivity contribution in [1.82, 2.24) is 5.32 Å². The number of nitrogens with two attached hydrogens (primary N) is 1. The Hall–Kier alpha value is -2.17. The van der Waals surface area contributed by atoms with E-state index in [9.17, 15) is 9.59 Å². The molecule has 0 aliphatic carbocycles. The molecule has 0 radical (unpaired) electrons. The minimum absolute atomic E-state index is 0. The van der Waals surface area contributed by atoms with Crippen LogP contribution in [0.3, 0.4) is 0 Å². The smallest absolute Gasteiger partial charge is 0.220 e. The van der Waals surface area contributed by atoms with Gasteiger partial charge in [0.1, 0.15) is 0 Å². The Labute approximate surface area is 148 Å². The van der Waals surface area contributed by atoms with Gasteiger partial charge in [0.15, 0.2) is 5.78 Å². The second kappa shape index (κ2) is 9.85. The van der Waals surface area contributed by atoms with Gasteiger partial charge in [0.05, 0.1) is 0 Å². The molecule has 0 unspecified atom stereocenters. The lowest BCUT2D eigenvalue weighted by molar-refractivity contribution is -0.121. The van der Waals surface area contributed by atoms with Crippen molar-refractivity contribution in [2.75, 3.05) is 6.54 Å². The van der Waals surface area contributed by atoms with Gasteiger partial charge in [-0.1, -0.05) is 54.6 Å². The number of halogens is 1. The van der Waals surface area contributed by atoms with Crippen molar-refractivity contribution in [3.8, 4) is 11.1 Å². The third-order valence-corrected chi connectivity index (χ3v) is 3.65. The van der Waals surface area contributed by atoms with Crippen LogP contribution >= 0.6 is 12.4 Å². The standard InChI is InChI=1S/C19H22N2O2.ClH/c1-14(13-20)21-19(23)12-11-18(22)17-9-7-16(8-10-17)15-5-3-2-4-6-15;/h2-10,14H,11-13,20H2,1H3,(H,21,23);1H/t14-;/m0./s1. The zero-order valence-electron chi connectivity index (χ0n) is 13.7. The molecule has 2 rings (SSSR count). The fourth-order valence-corrected chi connectivity index (χ4v) is 2.26. The van der Waals surface area contributed by atoms with Gasteiger partial charge in [-0.2, -0.15) is 0 Å². The van der Waals surface area contributed by atoms with Crippen molar-refractivity contribution in [1.29, 1.82) is 0 Å². The molecule has 0 aliphatic rings. The summed E-state index contributed by atoms with van der Waals surface area (Å²) in [6.07, 6.45) is 0.386. The van der Waals surface area contributed by atoms with Crippen molar-refractivity contribution in [2.24, 2.45) is 5.73 Å². The van der Waals surface area contributed by atoms with Crippen molar-refractivity contribution >= 4 is 24.1 Å². The Morgan fingerprint density at radius 2 is 1.54 bits per heavy atom. The first-order valence-electron chi connectivity index (χ1n) is 7.78. The summed E-state index contributed by atoms with van der Waals surface area (Å²) in [6, 6.07) is 17.4. The molecule has 0 aliphatic heterocycles. The van der Waals surface area contributed by atoms with Crippen molar-refractivity contribution < 1.29 is 9.59 Å². The third kappa shape index (κ3) is 5.80. The maximum Gasteiger partial charge on any atom is 0.220 e. The highest BCUT2D eigenvalue weighted by atomic mass is 35.5. The van der Waals surface area contributed by atoms with E-state index in [1.807, 2.05) is 61.5 Å². The monoisotopic (exact) mass is 346 g/mol. The second-order valence-electron chi connectivity index (χ2n) is 5.57. The molecular formula is C19H23ClN2O2. The number of carbonyl (C=O) groups is 2. The molecule has 2 aromatic rings. The van der Waals surface area contributed by atoms with Gasteiger partial charge in [0.2, 0.25) is 5.91 Å². The Morgan fingerprint density at radius 3 is 2.12 bits per heavy atom. The number of nitrogens with one attached hydrogen (secondary N) is 1. The molecule has 24 heavy (non-hydrogen) atoms. The van der Waals surface area contributed by atoms with Crippen LogP contribution in [0.25, 0.3) is 11.1 Å². The van der Waals surface area contributed by atoms with E-state index in [0.717, 1.165) is 11.1 Å². The summed E-state index contributed by atoms with van der Waals surface area (Å²) in [5.74, 6) is -0.169. The molecule has 0 saturated heterocycles. The quantitative estimate of drug-likeness (QED) is 0.756. The van der Waals surface area contributed by atoms with Gasteiger partial charge in [0.25, 0.3) is 0 Å². The van der Waals surface area contributed by atoms with Crippen LogP contribution in [0.1, 0.15) is 30.1 Å². The highest BCUT2D eigenvalue weighted by Gasteiger charge is 2.11. The lowest BCUT2D eigenvalue weighted by Crippen LogP contribution is -2.37. The Balaban J connectivity index is 0.00000288. The van der Waals surface area contributed by atoms with E-state index >= 15 is 0 Å². The number of carbonyl (C=O) groups excluding carboxylic acids is 2. The summed E-state index contributed by atoms with van der Waals surface area (Å²) in [6.45, 7) is 2.22.